The zero-order chi connectivity index (χ0) is 22.4. The van der Waals surface area contributed by atoms with Gasteiger partial charge in [0.05, 0.1) is 0 Å². The van der Waals surface area contributed by atoms with E-state index in [-0.39, 0.29) is 5.78 Å². The number of benzene rings is 4. The summed E-state index contributed by atoms with van der Waals surface area (Å²) in [5.41, 5.74) is 9.25. The van der Waals surface area contributed by atoms with Crippen molar-refractivity contribution >= 4 is 69.5 Å². The second-order valence-electron chi connectivity index (χ2n) is 7.75. The van der Waals surface area contributed by atoms with Gasteiger partial charge in [0.25, 0.3) is 0 Å². The van der Waals surface area contributed by atoms with Crippen LogP contribution in [0.2, 0.25) is 0 Å². The molecule has 4 aromatic rings. The SMILES string of the molecule is Brc1ccc2c(c1Br)CCc1ccccc1-2.O=C1c2cc(Br)ccc2-c2ccc(Br)cc21. The first-order valence-corrected chi connectivity index (χ1v) is 13.3. The molecule has 0 saturated heterocycles. The standard InChI is InChI=1S/C14H10Br2.C13H6Br2O/c15-13-8-7-11-10-4-2-1-3-9(10)5-6-12(11)14(13)16;14-7-1-3-9-10-4-2-8(15)6-12(10)13(16)11(9)5-7/h1-4,7-8H,5-6H2;1-6H. The van der Waals surface area contributed by atoms with Crippen molar-refractivity contribution in [3.05, 3.63) is 113 Å². The van der Waals surface area contributed by atoms with Crippen molar-refractivity contribution in [3.8, 4) is 22.3 Å². The molecule has 0 fully saturated rings. The minimum atomic E-state index is 0.104. The molecule has 0 amide bonds. The van der Waals surface area contributed by atoms with Crippen LogP contribution >= 0.6 is 63.7 Å². The Morgan fingerprint density at radius 2 is 1.16 bits per heavy atom. The Labute approximate surface area is 220 Å². The van der Waals surface area contributed by atoms with E-state index in [0.29, 0.717) is 0 Å². The summed E-state index contributed by atoms with van der Waals surface area (Å²) < 4.78 is 4.23. The second-order valence-corrected chi connectivity index (χ2v) is 11.2. The van der Waals surface area contributed by atoms with E-state index in [1.165, 1.54) is 26.7 Å². The van der Waals surface area contributed by atoms with E-state index in [2.05, 4.69) is 100 Å². The lowest BCUT2D eigenvalue weighted by molar-refractivity contribution is 0.104. The van der Waals surface area contributed by atoms with Crippen molar-refractivity contribution in [2.24, 2.45) is 0 Å². The van der Waals surface area contributed by atoms with Crippen LogP contribution < -0.4 is 0 Å². The van der Waals surface area contributed by atoms with Gasteiger partial charge in [-0.15, -0.1) is 0 Å². The molecule has 4 aromatic carbocycles. The molecule has 0 spiro atoms. The van der Waals surface area contributed by atoms with Gasteiger partial charge in [-0.1, -0.05) is 74.3 Å². The van der Waals surface area contributed by atoms with Gasteiger partial charge >= 0.3 is 0 Å². The molecule has 0 radical (unpaired) electrons. The summed E-state index contributed by atoms with van der Waals surface area (Å²) in [6.45, 7) is 0. The van der Waals surface area contributed by atoms with Crippen molar-refractivity contribution in [2.75, 3.05) is 0 Å². The van der Waals surface area contributed by atoms with Gasteiger partial charge in [0, 0.05) is 29.0 Å². The van der Waals surface area contributed by atoms with Gasteiger partial charge in [-0.25, -0.2) is 0 Å². The number of hydrogen-bond donors (Lipinski definition) is 0. The van der Waals surface area contributed by atoms with Crippen molar-refractivity contribution in [2.45, 2.75) is 12.8 Å². The summed E-state index contributed by atoms with van der Waals surface area (Å²) in [7, 11) is 0. The quantitative estimate of drug-likeness (QED) is 0.160. The Hall–Kier alpha value is -1.53. The van der Waals surface area contributed by atoms with Gasteiger partial charge in [0.2, 0.25) is 0 Å². The molecule has 0 heterocycles. The number of carbonyl (C=O) groups is 1. The minimum Gasteiger partial charge on any atom is -0.289 e. The van der Waals surface area contributed by atoms with Gasteiger partial charge in [-0.2, -0.15) is 0 Å². The Kier molecular flexibility index (Phi) is 6.28. The second kappa shape index (κ2) is 9.02. The van der Waals surface area contributed by atoms with Crippen LogP contribution in [-0.4, -0.2) is 5.78 Å². The highest BCUT2D eigenvalue weighted by atomic mass is 79.9. The van der Waals surface area contributed by atoms with E-state index >= 15 is 0 Å². The van der Waals surface area contributed by atoms with E-state index in [9.17, 15) is 4.79 Å². The average Bonchev–Trinajstić information content (AvgIpc) is 3.07. The summed E-state index contributed by atoms with van der Waals surface area (Å²) in [4.78, 5) is 12.2. The molecule has 0 saturated carbocycles. The molecule has 6 rings (SSSR count). The Bertz CT molecular complexity index is 1340. The van der Waals surface area contributed by atoms with E-state index in [1.807, 2.05) is 36.4 Å². The Morgan fingerprint density at radius 1 is 0.562 bits per heavy atom. The van der Waals surface area contributed by atoms with Gasteiger partial charge in [0.1, 0.15) is 0 Å². The molecule has 0 aromatic heterocycles. The molecule has 2 aliphatic carbocycles. The lowest BCUT2D eigenvalue weighted by Crippen LogP contribution is -2.04. The normalized spacial score (nSPS) is 12.8. The number of hydrogen-bond acceptors (Lipinski definition) is 1. The van der Waals surface area contributed by atoms with Gasteiger partial charge in [0.15, 0.2) is 5.78 Å². The third kappa shape index (κ3) is 3.98. The molecule has 158 valence electrons. The average molecular weight is 676 g/mol. The molecule has 0 unspecified atom stereocenters. The molecule has 0 atom stereocenters. The maximum absolute atomic E-state index is 12.2. The van der Waals surface area contributed by atoms with Gasteiger partial charge in [-0.3, -0.25) is 4.79 Å². The molecule has 1 nitrogen and oxygen atoms in total. The number of carbonyl (C=O) groups excluding carboxylic acids is 1. The Morgan fingerprint density at radius 3 is 1.81 bits per heavy atom. The Balaban J connectivity index is 0.000000135. The van der Waals surface area contributed by atoms with E-state index in [1.54, 1.807) is 0 Å². The maximum Gasteiger partial charge on any atom is 0.194 e. The summed E-state index contributed by atoms with van der Waals surface area (Å²) in [5, 5.41) is 0. The third-order valence-electron chi connectivity index (χ3n) is 5.89. The third-order valence-corrected chi connectivity index (χ3v) is 8.98. The number of aryl methyl sites for hydroxylation is 1. The first kappa shape index (κ1) is 22.3. The van der Waals surface area contributed by atoms with E-state index in [4.69, 9.17) is 0 Å². The van der Waals surface area contributed by atoms with Crippen molar-refractivity contribution < 1.29 is 4.79 Å². The minimum absolute atomic E-state index is 0.104. The van der Waals surface area contributed by atoms with Crippen LogP contribution in [0.5, 0.6) is 0 Å². The van der Waals surface area contributed by atoms with Crippen molar-refractivity contribution in [1.29, 1.82) is 0 Å². The van der Waals surface area contributed by atoms with E-state index in [0.717, 1.165) is 48.5 Å². The summed E-state index contributed by atoms with van der Waals surface area (Å²) in [5.74, 6) is 0.104. The first-order chi connectivity index (χ1) is 15.4. The number of halogens is 4. The van der Waals surface area contributed by atoms with Crippen LogP contribution in [0.4, 0.5) is 0 Å². The summed E-state index contributed by atoms with van der Waals surface area (Å²) in [6, 6.07) is 24.7. The topological polar surface area (TPSA) is 17.1 Å². The van der Waals surface area contributed by atoms with Gasteiger partial charge < -0.3 is 0 Å². The number of fused-ring (bicyclic) bond motifs is 6. The predicted molar refractivity (Wildman–Crippen MR) is 145 cm³/mol. The molecule has 2 aliphatic rings. The highest BCUT2D eigenvalue weighted by Crippen LogP contribution is 2.40. The molecule has 32 heavy (non-hydrogen) atoms. The first-order valence-electron chi connectivity index (χ1n) is 10.1. The summed E-state index contributed by atoms with van der Waals surface area (Å²) in [6.07, 6.45) is 2.25. The van der Waals surface area contributed by atoms with Crippen LogP contribution in [0.25, 0.3) is 22.3 Å². The maximum atomic E-state index is 12.2. The van der Waals surface area contributed by atoms with Crippen molar-refractivity contribution in [3.63, 3.8) is 0 Å². The van der Waals surface area contributed by atoms with Crippen LogP contribution in [0, 0.1) is 0 Å². The molecular formula is C27H16Br4O. The molecule has 0 N–H and O–H groups in total. The number of rotatable bonds is 0. The highest BCUT2D eigenvalue weighted by Gasteiger charge is 2.26. The van der Waals surface area contributed by atoms with Crippen LogP contribution in [0.15, 0.2) is 90.7 Å². The van der Waals surface area contributed by atoms with E-state index < -0.39 is 0 Å². The predicted octanol–water partition coefficient (Wildman–Crippen LogP) is 9.40. The lowest BCUT2D eigenvalue weighted by Gasteiger charge is -2.21. The zero-order valence-corrected chi connectivity index (χ0v) is 23.1. The van der Waals surface area contributed by atoms with Crippen LogP contribution in [0.1, 0.15) is 27.0 Å². The molecule has 5 heteroatoms. The van der Waals surface area contributed by atoms with Crippen molar-refractivity contribution in [1.82, 2.24) is 0 Å². The number of ketones is 1. The van der Waals surface area contributed by atoms with Crippen LogP contribution in [-0.2, 0) is 12.8 Å². The largest absolute Gasteiger partial charge is 0.289 e. The molecule has 0 aliphatic heterocycles. The smallest absolute Gasteiger partial charge is 0.194 e. The highest BCUT2D eigenvalue weighted by molar-refractivity contribution is 9.13. The molecular weight excluding hydrogens is 660 g/mol. The fourth-order valence-electron chi connectivity index (χ4n) is 4.37. The zero-order valence-electron chi connectivity index (χ0n) is 16.8. The van der Waals surface area contributed by atoms with Crippen LogP contribution in [0.3, 0.4) is 0 Å². The fraction of sp³-hybridized carbons (Fsp3) is 0.0741. The molecule has 0 bridgehead atoms. The summed E-state index contributed by atoms with van der Waals surface area (Å²) >= 11 is 14.0. The van der Waals surface area contributed by atoms with Gasteiger partial charge in [-0.05, 0) is 108 Å². The lowest BCUT2D eigenvalue weighted by atomic mass is 9.86. The fourth-order valence-corrected chi connectivity index (χ4v) is 6.01. The monoisotopic (exact) mass is 672 g/mol.